The number of likely N-dealkylation sites (tertiary alicyclic amines) is 1. The van der Waals surface area contributed by atoms with E-state index in [-0.39, 0.29) is 17.3 Å². The molecule has 1 fully saturated rings. The number of rotatable bonds is 9. The fraction of sp³-hybridized carbons (Fsp3) is 0.200. The summed E-state index contributed by atoms with van der Waals surface area (Å²) < 4.78 is 39.7. The third-order valence-corrected chi connectivity index (χ3v) is 8.88. The number of esters is 1. The van der Waals surface area contributed by atoms with E-state index in [1.165, 1.54) is 23.8 Å². The van der Waals surface area contributed by atoms with Crippen LogP contribution in [0.3, 0.4) is 0 Å². The van der Waals surface area contributed by atoms with Gasteiger partial charge < -0.3 is 14.6 Å². The van der Waals surface area contributed by atoms with Crippen molar-refractivity contribution in [2.75, 3.05) is 26.2 Å². The summed E-state index contributed by atoms with van der Waals surface area (Å²) in [7, 11) is 0. The Balaban J connectivity index is 1.27. The Morgan fingerprint density at radius 2 is 1.70 bits per heavy atom. The second kappa shape index (κ2) is 12.6. The molecule has 0 bridgehead atoms. The van der Waals surface area contributed by atoms with E-state index in [1.807, 2.05) is 0 Å². The molecule has 2 heterocycles. The summed E-state index contributed by atoms with van der Waals surface area (Å²) in [6, 6.07) is 20.9. The van der Waals surface area contributed by atoms with E-state index in [1.54, 1.807) is 60.7 Å². The minimum absolute atomic E-state index is 0.0938. The van der Waals surface area contributed by atoms with Crippen LogP contribution in [-0.4, -0.2) is 48.0 Å². The van der Waals surface area contributed by atoms with E-state index in [9.17, 15) is 23.5 Å². The van der Waals surface area contributed by atoms with Gasteiger partial charge in [-0.25, -0.2) is 13.6 Å². The maximum atomic E-state index is 14.1. The molecule has 0 radical (unpaired) electrons. The maximum Gasteiger partial charge on any atom is 0.346 e. The number of carbonyl (C=O) groups excluding carboxylic acids is 2. The molecule has 1 aliphatic rings. The van der Waals surface area contributed by atoms with Crippen molar-refractivity contribution in [3.63, 3.8) is 0 Å². The van der Waals surface area contributed by atoms with Crippen LogP contribution in [0.1, 0.15) is 39.6 Å². The van der Waals surface area contributed by atoms with E-state index in [0.717, 1.165) is 43.4 Å². The number of thiophene rings is 1. The predicted octanol–water partition coefficient (Wildman–Crippen LogP) is 7.72. The van der Waals surface area contributed by atoms with E-state index >= 15 is 0 Å². The van der Waals surface area contributed by atoms with E-state index < -0.39 is 23.2 Å². The van der Waals surface area contributed by atoms with Crippen molar-refractivity contribution in [2.24, 2.45) is 5.92 Å². The van der Waals surface area contributed by atoms with E-state index in [4.69, 9.17) is 9.47 Å². The van der Waals surface area contributed by atoms with Crippen LogP contribution in [0.4, 0.5) is 8.78 Å². The number of phenols is 1. The molecule has 224 valence electrons. The summed E-state index contributed by atoms with van der Waals surface area (Å²) in [6.45, 7) is 5.86. The SMILES string of the molecule is CC1CCN(CCOc2ccc(C(=O)c3c(-c4ccc(O)cc4)sc4cc(OC(=O)c5cc(F)ccc5F)ccc34)cc2)C1. The molecule has 1 unspecified atom stereocenters. The molecule has 1 atom stereocenters. The summed E-state index contributed by atoms with van der Waals surface area (Å²) >= 11 is 1.32. The van der Waals surface area contributed by atoms with Crippen LogP contribution in [0, 0.1) is 17.6 Å². The van der Waals surface area contributed by atoms with Gasteiger partial charge in [-0.2, -0.15) is 0 Å². The highest BCUT2D eigenvalue weighted by molar-refractivity contribution is 7.22. The van der Waals surface area contributed by atoms with Crippen molar-refractivity contribution in [2.45, 2.75) is 13.3 Å². The van der Waals surface area contributed by atoms with Crippen molar-refractivity contribution in [1.82, 2.24) is 4.90 Å². The predicted molar refractivity (Wildman–Crippen MR) is 166 cm³/mol. The summed E-state index contributed by atoms with van der Waals surface area (Å²) in [5.74, 6) is -1.28. The molecule has 0 aliphatic carbocycles. The van der Waals surface area contributed by atoms with E-state index in [0.29, 0.717) is 44.4 Å². The first kappa shape index (κ1) is 29.5. The normalized spacial score (nSPS) is 15.0. The van der Waals surface area contributed by atoms with Crippen molar-refractivity contribution >= 4 is 33.2 Å². The zero-order valence-electron chi connectivity index (χ0n) is 23.9. The average Bonchev–Trinajstić information content (AvgIpc) is 3.61. The largest absolute Gasteiger partial charge is 0.508 e. The topological polar surface area (TPSA) is 76.1 Å². The molecule has 5 aromatic rings. The van der Waals surface area contributed by atoms with Crippen molar-refractivity contribution in [3.05, 3.63) is 113 Å². The maximum absolute atomic E-state index is 14.1. The van der Waals surface area contributed by atoms with Gasteiger partial charge in [0.25, 0.3) is 0 Å². The molecular formula is C35H29F2NO5S. The zero-order valence-corrected chi connectivity index (χ0v) is 24.7. The van der Waals surface area contributed by atoms with Gasteiger partial charge in [0.05, 0.1) is 5.56 Å². The molecule has 6 rings (SSSR count). The molecule has 4 aromatic carbocycles. The number of hydrogen-bond donors (Lipinski definition) is 1. The van der Waals surface area contributed by atoms with Crippen LogP contribution in [0.2, 0.25) is 0 Å². The Morgan fingerprint density at radius 1 is 0.955 bits per heavy atom. The number of carbonyl (C=O) groups is 2. The molecular weight excluding hydrogens is 584 g/mol. The first-order chi connectivity index (χ1) is 21.2. The fourth-order valence-electron chi connectivity index (χ4n) is 5.37. The Morgan fingerprint density at radius 3 is 2.43 bits per heavy atom. The molecule has 6 nitrogen and oxygen atoms in total. The van der Waals surface area contributed by atoms with Gasteiger partial charge in [0.15, 0.2) is 5.78 Å². The van der Waals surface area contributed by atoms with Crippen LogP contribution in [0.5, 0.6) is 17.2 Å². The molecule has 1 aromatic heterocycles. The van der Waals surface area contributed by atoms with Gasteiger partial charge >= 0.3 is 5.97 Å². The molecule has 44 heavy (non-hydrogen) atoms. The monoisotopic (exact) mass is 613 g/mol. The molecule has 1 aliphatic heterocycles. The van der Waals surface area contributed by atoms with Gasteiger partial charge in [-0.1, -0.05) is 6.92 Å². The number of aromatic hydroxyl groups is 1. The van der Waals surface area contributed by atoms with Gasteiger partial charge in [0, 0.05) is 39.2 Å². The third-order valence-electron chi connectivity index (χ3n) is 7.68. The van der Waals surface area contributed by atoms with Crippen molar-refractivity contribution in [3.8, 4) is 27.7 Å². The van der Waals surface area contributed by atoms with Crippen molar-refractivity contribution < 1.29 is 33.0 Å². The van der Waals surface area contributed by atoms with Gasteiger partial charge in [0.1, 0.15) is 35.5 Å². The second-order valence-corrected chi connectivity index (χ2v) is 12.0. The highest BCUT2D eigenvalue weighted by Gasteiger charge is 2.23. The van der Waals surface area contributed by atoms with Gasteiger partial charge in [-0.15, -0.1) is 11.3 Å². The number of ketones is 1. The Hall–Kier alpha value is -4.60. The van der Waals surface area contributed by atoms with Crippen molar-refractivity contribution in [1.29, 1.82) is 0 Å². The number of phenolic OH excluding ortho intramolecular Hbond substituents is 1. The summed E-state index contributed by atoms with van der Waals surface area (Å²) in [6.07, 6.45) is 1.21. The number of halogens is 2. The zero-order chi connectivity index (χ0) is 30.8. The lowest BCUT2D eigenvalue weighted by molar-refractivity contribution is 0.0729. The fourth-order valence-corrected chi connectivity index (χ4v) is 6.60. The minimum Gasteiger partial charge on any atom is -0.508 e. The Labute approximate surface area is 257 Å². The summed E-state index contributed by atoms with van der Waals surface area (Å²) in [5.41, 5.74) is 1.14. The number of nitrogens with zero attached hydrogens (tertiary/aromatic N) is 1. The molecule has 0 saturated carbocycles. The van der Waals surface area contributed by atoms with Crippen LogP contribution in [-0.2, 0) is 0 Å². The highest BCUT2D eigenvalue weighted by atomic mass is 32.1. The molecule has 1 saturated heterocycles. The third kappa shape index (κ3) is 6.34. The quantitative estimate of drug-likeness (QED) is 0.104. The van der Waals surface area contributed by atoms with E-state index in [2.05, 4.69) is 11.8 Å². The lowest BCUT2D eigenvalue weighted by atomic mass is 9.97. The van der Waals surface area contributed by atoms with Crippen LogP contribution in [0.15, 0.2) is 84.9 Å². The number of ether oxygens (including phenoxy) is 2. The van der Waals surface area contributed by atoms with Gasteiger partial charge in [-0.05, 0) is 109 Å². The van der Waals surface area contributed by atoms with Crippen LogP contribution < -0.4 is 9.47 Å². The molecule has 9 heteroatoms. The number of fused-ring (bicyclic) bond motifs is 1. The summed E-state index contributed by atoms with van der Waals surface area (Å²) in [4.78, 5) is 29.6. The summed E-state index contributed by atoms with van der Waals surface area (Å²) in [5, 5.41) is 10.5. The second-order valence-electron chi connectivity index (χ2n) is 10.9. The van der Waals surface area contributed by atoms with Crippen LogP contribution >= 0.6 is 11.3 Å². The van der Waals surface area contributed by atoms with Crippen LogP contribution in [0.25, 0.3) is 20.5 Å². The lowest BCUT2D eigenvalue weighted by Crippen LogP contribution is -2.25. The smallest absolute Gasteiger partial charge is 0.346 e. The first-order valence-electron chi connectivity index (χ1n) is 14.3. The molecule has 0 spiro atoms. The first-order valence-corrected chi connectivity index (χ1v) is 15.1. The minimum atomic E-state index is -1.04. The number of benzene rings is 4. The average molecular weight is 614 g/mol. The Bertz CT molecular complexity index is 1840. The lowest BCUT2D eigenvalue weighted by Gasteiger charge is -2.15. The highest BCUT2D eigenvalue weighted by Crippen LogP contribution is 2.42. The molecule has 0 amide bonds. The molecule has 1 N–H and O–H groups in total. The number of hydrogen-bond acceptors (Lipinski definition) is 7. The van der Waals surface area contributed by atoms with Gasteiger partial charge in [0.2, 0.25) is 0 Å². The Kier molecular flexibility index (Phi) is 8.41. The standard InChI is InChI=1S/C35H29F2NO5S/c1-21-14-15-38(20-21)16-17-42-26-9-4-22(5-10-26)33(40)32-28-12-11-27(43-35(41)29-18-24(36)6-13-30(29)37)19-31(28)44-34(32)23-2-7-25(39)8-3-23/h2-13,18-19,21,39H,14-17,20H2,1H3. The van der Waals surface area contributed by atoms with Gasteiger partial charge in [-0.3, -0.25) is 9.69 Å².